The van der Waals surface area contributed by atoms with Crippen LogP contribution in [0.2, 0.25) is 0 Å². The summed E-state index contributed by atoms with van der Waals surface area (Å²) in [5.74, 6) is 1.72. The Labute approximate surface area is 167 Å². The lowest BCUT2D eigenvalue weighted by atomic mass is 10.1. The van der Waals surface area contributed by atoms with E-state index in [1.807, 2.05) is 7.05 Å². The predicted octanol–water partition coefficient (Wildman–Crippen LogP) is 2.14. The van der Waals surface area contributed by atoms with Crippen molar-refractivity contribution in [3.05, 3.63) is 35.9 Å². The van der Waals surface area contributed by atoms with Crippen molar-refractivity contribution in [2.24, 2.45) is 4.99 Å². The monoisotopic (exact) mass is 456 g/mol. The molecule has 6 heteroatoms. The number of nitrogens with one attached hydrogen (secondary N) is 1. The molecular weight excluding hydrogens is 427 g/mol. The summed E-state index contributed by atoms with van der Waals surface area (Å²) in [5.41, 5.74) is 1.44. The Hall–Kier alpha value is -0.860. The molecule has 2 heterocycles. The van der Waals surface area contributed by atoms with Crippen LogP contribution in [0.5, 0.6) is 0 Å². The number of ether oxygens (including phenoxy) is 1. The van der Waals surface area contributed by atoms with Gasteiger partial charge < -0.3 is 15.0 Å². The number of rotatable bonds is 3. The normalized spacial score (nSPS) is 30.0. The SMILES string of the molecule is CN=C(NC1CC1c1ccccc1)N1CCC(N2CCOCC2)C1.I. The van der Waals surface area contributed by atoms with Crippen molar-refractivity contribution < 1.29 is 4.74 Å². The summed E-state index contributed by atoms with van der Waals surface area (Å²) in [6.07, 6.45) is 2.44. The van der Waals surface area contributed by atoms with Gasteiger partial charge in [-0.1, -0.05) is 30.3 Å². The molecule has 3 fully saturated rings. The smallest absolute Gasteiger partial charge is 0.193 e. The molecule has 1 aromatic carbocycles. The van der Waals surface area contributed by atoms with Crippen LogP contribution in [0.3, 0.4) is 0 Å². The maximum atomic E-state index is 5.48. The number of morpholine rings is 1. The minimum absolute atomic E-state index is 0. The van der Waals surface area contributed by atoms with E-state index in [4.69, 9.17) is 4.74 Å². The topological polar surface area (TPSA) is 40.1 Å². The molecule has 0 radical (unpaired) electrons. The van der Waals surface area contributed by atoms with Gasteiger partial charge >= 0.3 is 0 Å². The molecule has 3 unspecified atom stereocenters. The fourth-order valence-corrected chi connectivity index (χ4v) is 4.06. The Bertz CT molecular complexity index is 576. The molecule has 1 N–H and O–H groups in total. The lowest BCUT2D eigenvalue weighted by Crippen LogP contribution is -2.47. The zero-order valence-electron chi connectivity index (χ0n) is 14.9. The average Bonchev–Trinajstić information content (AvgIpc) is 3.25. The summed E-state index contributed by atoms with van der Waals surface area (Å²) in [6, 6.07) is 12.0. The number of nitrogens with zero attached hydrogens (tertiary/aromatic N) is 3. The summed E-state index contributed by atoms with van der Waals surface area (Å²) in [4.78, 5) is 9.56. The maximum absolute atomic E-state index is 5.48. The van der Waals surface area contributed by atoms with Gasteiger partial charge in [-0.25, -0.2) is 0 Å². The third-order valence-corrected chi connectivity index (χ3v) is 5.57. The van der Waals surface area contributed by atoms with E-state index in [2.05, 4.69) is 50.4 Å². The van der Waals surface area contributed by atoms with Crippen molar-refractivity contribution in [2.75, 3.05) is 46.4 Å². The number of likely N-dealkylation sites (tertiary alicyclic amines) is 1. The molecule has 5 nitrogen and oxygen atoms in total. The fourth-order valence-electron chi connectivity index (χ4n) is 4.06. The highest BCUT2D eigenvalue weighted by Crippen LogP contribution is 2.40. The molecule has 1 aromatic rings. The van der Waals surface area contributed by atoms with Crippen LogP contribution in [-0.2, 0) is 4.74 Å². The zero-order chi connectivity index (χ0) is 16.4. The van der Waals surface area contributed by atoms with E-state index in [1.165, 1.54) is 18.4 Å². The van der Waals surface area contributed by atoms with Crippen LogP contribution >= 0.6 is 24.0 Å². The predicted molar refractivity (Wildman–Crippen MR) is 112 cm³/mol. The summed E-state index contributed by atoms with van der Waals surface area (Å²) in [6.45, 7) is 6.09. The second-order valence-electron chi connectivity index (χ2n) is 7.09. The van der Waals surface area contributed by atoms with Gasteiger partial charge in [-0.2, -0.15) is 0 Å². The molecule has 2 aliphatic heterocycles. The Morgan fingerprint density at radius 1 is 1.16 bits per heavy atom. The van der Waals surface area contributed by atoms with E-state index >= 15 is 0 Å². The molecule has 0 aromatic heterocycles. The first kappa shape index (κ1) is 18.9. The molecule has 138 valence electrons. The van der Waals surface area contributed by atoms with E-state index in [1.54, 1.807) is 0 Å². The van der Waals surface area contributed by atoms with Crippen molar-refractivity contribution in [2.45, 2.75) is 30.8 Å². The number of guanidine groups is 1. The highest BCUT2D eigenvalue weighted by molar-refractivity contribution is 14.0. The van der Waals surface area contributed by atoms with Crippen molar-refractivity contribution in [3.63, 3.8) is 0 Å². The maximum Gasteiger partial charge on any atom is 0.193 e. The Balaban J connectivity index is 0.00000182. The number of hydrogen-bond acceptors (Lipinski definition) is 3. The van der Waals surface area contributed by atoms with Gasteiger partial charge in [-0.05, 0) is 18.4 Å². The zero-order valence-corrected chi connectivity index (χ0v) is 17.3. The molecule has 25 heavy (non-hydrogen) atoms. The Kier molecular flexibility index (Phi) is 6.57. The first-order valence-corrected chi connectivity index (χ1v) is 9.20. The van der Waals surface area contributed by atoms with Gasteiger partial charge in [0.05, 0.1) is 13.2 Å². The van der Waals surface area contributed by atoms with Crippen LogP contribution in [0.15, 0.2) is 35.3 Å². The van der Waals surface area contributed by atoms with Crippen LogP contribution in [0.25, 0.3) is 0 Å². The van der Waals surface area contributed by atoms with E-state index in [-0.39, 0.29) is 24.0 Å². The first-order valence-electron chi connectivity index (χ1n) is 9.20. The van der Waals surface area contributed by atoms with Gasteiger partial charge in [-0.3, -0.25) is 9.89 Å². The quantitative estimate of drug-likeness (QED) is 0.430. The van der Waals surface area contributed by atoms with Gasteiger partial charge in [0.25, 0.3) is 0 Å². The van der Waals surface area contributed by atoms with Crippen LogP contribution in [0, 0.1) is 0 Å². The highest BCUT2D eigenvalue weighted by atomic mass is 127. The standard InChI is InChI=1S/C19H28N4O.HI/c1-20-19(21-18-13-17(18)15-5-3-2-4-6-15)23-8-7-16(14-23)22-9-11-24-12-10-22;/h2-6,16-18H,7-14H2,1H3,(H,20,21);1H. The van der Waals surface area contributed by atoms with Gasteiger partial charge in [0.2, 0.25) is 0 Å². The minimum Gasteiger partial charge on any atom is -0.379 e. The van der Waals surface area contributed by atoms with Crippen molar-refractivity contribution in [1.82, 2.24) is 15.1 Å². The summed E-state index contributed by atoms with van der Waals surface area (Å²) in [7, 11) is 1.91. The second-order valence-corrected chi connectivity index (χ2v) is 7.09. The van der Waals surface area contributed by atoms with Crippen molar-refractivity contribution in [1.29, 1.82) is 0 Å². The second kappa shape index (κ2) is 8.68. The van der Waals surface area contributed by atoms with Gasteiger partial charge in [0.15, 0.2) is 5.96 Å². The fraction of sp³-hybridized carbons (Fsp3) is 0.632. The molecule has 0 spiro atoms. The molecule has 0 amide bonds. The molecule has 3 atom stereocenters. The summed E-state index contributed by atoms with van der Waals surface area (Å²) >= 11 is 0. The van der Waals surface area contributed by atoms with Crippen molar-refractivity contribution in [3.8, 4) is 0 Å². The first-order chi connectivity index (χ1) is 11.8. The van der Waals surface area contributed by atoms with Crippen LogP contribution < -0.4 is 5.32 Å². The highest BCUT2D eigenvalue weighted by Gasteiger charge is 2.40. The molecular formula is C19H29IN4O. The van der Waals surface area contributed by atoms with Gasteiger partial charge in [0, 0.05) is 51.2 Å². The van der Waals surface area contributed by atoms with E-state index < -0.39 is 0 Å². The van der Waals surface area contributed by atoms with Crippen molar-refractivity contribution >= 4 is 29.9 Å². The molecule has 1 saturated carbocycles. The van der Waals surface area contributed by atoms with E-state index in [0.29, 0.717) is 18.0 Å². The third kappa shape index (κ3) is 4.46. The summed E-state index contributed by atoms with van der Waals surface area (Å²) in [5, 5.41) is 3.69. The molecule has 4 rings (SSSR count). The lowest BCUT2D eigenvalue weighted by Gasteiger charge is -2.32. The molecule has 2 saturated heterocycles. The molecule has 1 aliphatic carbocycles. The lowest BCUT2D eigenvalue weighted by molar-refractivity contribution is 0.0195. The number of hydrogen-bond donors (Lipinski definition) is 1. The van der Waals surface area contributed by atoms with E-state index in [0.717, 1.165) is 45.4 Å². The van der Waals surface area contributed by atoms with Crippen LogP contribution in [0.4, 0.5) is 0 Å². The van der Waals surface area contributed by atoms with Gasteiger partial charge in [0.1, 0.15) is 0 Å². The van der Waals surface area contributed by atoms with Crippen LogP contribution in [-0.4, -0.2) is 74.3 Å². The molecule has 3 aliphatic rings. The average molecular weight is 456 g/mol. The number of benzene rings is 1. The van der Waals surface area contributed by atoms with Gasteiger partial charge in [-0.15, -0.1) is 24.0 Å². The third-order valence-electron chi connectivity index (χ3n) is 5.57. The van der Waals surface area contributed by atoms with E-state index in [9.17, 15) is 0 Å². The Morgan fingerprint density at radius 2 is 1.92 bits per heavy atom. The number of aliphatic imine (C=N–C) groups is 1. The number of halogens is 1. The molecule has 0 bridgehead atoms. The largest absolute Gasteiger partial charge is 0.379 e. The summed E-state index contributed by atoms with van der Waals surface area (Å²) < 4.78 is 5.48. The van der Waals surface area contributed by atoms with Crippen LogP contribution in [0.1, 0.15) is 24.3 Å². The minimum atomic E-state index is 0. The Morgan fingerprint density at radius 3 is 2.64 bits per heavy atom.